The van der Waals surface area contributed by atoms with Crippen LogP contribution in [-0.4, -0.2) is 74.7 Å². The van der Waals surface area contributed by atoms with Crippen molar-refractivity contribution in [2.45, 2.75) is 81.8 Å². The number of nitrogens with one attached hydrogen (secondary N) is 1. The second-order valence-electron chi connectivity index (χ2n) is 9.76. The summed E-state index contributed by atoms with van der Waals surface area (Å²) in [5, 5.41) is 0. The minimum Gasteiger partial charge on any atom is -0.478 e. The van der Waals surface area contributed by atoms with E-state index in [2.05, 4.69) is 9.71 Å². The number of pyridine rings is 1. The maximum atomic E-state index is 13.7. The first-order valence-corrected chi connectivity index (χ1v) is 14.1. The van der Waals surface area contributed by atoms with Gasteiger partial charge in [0.1, 0.15) is 0 Å². The molecule has 4 bridgehead atoms. The predicted molar refractivity (Wildman–Crippen MR) is 123 cm³/mol. The zero-order chi connectivity index (χ0) is 26.1. The summed E-state index contributed by atoms with van der Waals surface area (Å²) in [6.45, 7) is 2.05. The minimum atomic E-state index is -4.52. The molecule has 202 valence electrons. The fraction of sp³-hybridized carbons (Fsp3) is 0.739. The molecule has 9 nitrogen and oxygen atoms in total. The number of halogens is 3. The quantitative estimate of drug-likeness (QED) is 0.618. The molecule has 0 radical (unpaired) electrons. The molecular weight excluding hydrogens is 503 g/mol. The van der Waals surface area contributed by atoms with Crippen LogP contribution in [0, 0.1) is 0 Å². The van der Waals surface area contributed by atoms with Gasteiger partial charge in [-0.05, 0) is 45.1 Å². The maximum absolute atomic E-state index is 13.7. The Morgan fingerprint density at radius 1 is 1.11 bits per heavy atom. The molecule has 4 aliphatic rings. The average Bonchev–Trinajstić information content (AvgIpc) is 3.09. The molecule has 0 spiro atoms. The van der Waals surface area contributed by atoms with Crippen molar-refractivity contribution < 1.29 is 40.6 Å². The first-order chi connectivity index (χ1) is 16.9. The van der Waals surface area contributed by atoms with Crippen molar-refractivity contribution in [1.29, 1.82) is 0 Å². The number of aromatic nitrogens is 1. The van der Waals surface area contributed by atoms with Crippen molar-refractivity contribution in [3.05, 3.63) is 23.4 Å². The Balaban J connectivity index is 1.56. The van der Waals surface area contributed by atoms with E-state index in [4.69, 9.17) is 14.2 Å². The third-order valence-corrected chi connectivity index (χ3v) is 7.73. The molecule has 1 saturated carbocycles. The highest BCUT2D eigenvalue weighted by Gasteiger charge is 2.44. The molecule has 5 rings (SSSR count). The number of sulfonamides is 1. The van der Waals surface area contributed by atoms with Gasteiger partial charge in [0.05, 0.1) is 49.5 Å². The van der Waals surface area contributed by atoms with Crippen molar-refractivity contribution in [3.8, 4) is 5.88 Å². The average molecular weight is 536 g/mol. The molecule has 1 aromatic heterocycles. The monoisotopic (exact) mass is 535 g/mol. The summed E-state index contributed by atoms with van der Waals surface area (Å²) in [6.07, 6.45) is -1.57. The Hall–Kier alpha value is -2.12. The number of alkyl halides is 3. The molecule has 1 N–H and O–H groups in total. The van der Waals surface area contributed by atoms with Crippen molar-refractivity contribution in [2.75, 3.05) is 26.1 Å². The van der Waals surface area contributed by atoms with Crippen LogP contribution < -0.4 is 9.46 Å². The lowest BCUT2D eigenvalue weighted by Gasteiger charge is -2.33. The van der Waals surface area contributed by atoms with E-state index in [9.17, 15) is 26.4 Å². The largest absolute Gasteiger partial charge is 0.478 e. The third kappa shape index (κ3) is 6.41. The number of hydrogen-bond donors (Lipinski definition) is 1. The van der Waals surface area contributed by atoms with Gasteiger partial charge in [0, 0.05) is 30.5 Å². The van der Waals surface area contributed by atoms with Gasteiger partial charge in [-0.25, -0.2) is 22.9 Å². The Bertz CT molecular complexity index is 1050. The van der Waals surface area contributed by atoms with Crippen LogP contribution in [0.3, 0.4) is 0 Å². The Labute approximate surface area is 208 Å². The summed E-state index contributed by atoms with van der Waals surface area (Å²) in [7, 11) is -3.53. The van der Waals surface area contributed by atoms with Gasteiger partial charge in [0.2, 0.25) is 15.9 Å². The van der Waals surface area contributed by atoms with Crippen LogP contribution >= 0.6 is 0 Å². The molecule has 1 aromatic rings. The molecule has 3 aliphatic heterocycles. The highest BCUT2D eigenvalue weighted by molar-refractivity contribution is 7.88. The standard InChI is InChI=1S/C23H32F3N3O6S/c1-14-12-18(28-36(2,31)32)19-13-35-16-6-4-15(5-7-16)21-17(23(24,25)26)8-9-20(27-21)33-10-3-11-34-22(30)29(14)19/h8-9,14-16,18-19,28H,3-7,10-13H2,1-2H3/t14-,15?,16?,18+,19?/m1/s1. The molecule has 4 heterocycles. The van der Waals surface area contributed by atoms with E-state index >= 15 is 0 Å². The smallest absolute Gasteiger partial charge is 0.418 e. The summed E-state index contributed by atoms with van der Waals surface area (Å²) in [5.41, 5.74) is -0.765. The Kier molecular flexibility index (Phi) is 8.01. The molecule has 1 amide bonds. The van der Waals surface area contributed by atoms with Crippen LogP contribution in [0.5, 0.6) is 5.88 Å². The van der Waals surface area contributed by atoms with Crippen LogP contribution in [0.15, 0.2) is 12.1 Å². The van der Waals surface area contributed by atoms with Crippen molar-refractivity contribution in [1.82, 2.24) is 14.6 Å². The second-order valence-corrected chi connectivity index (χ2v) is 11.5. The summed E-state index contributed by atoms with van der Waals surface area (Å²) < 4.78 is 84.6. The number of hydrogen-bond acceptors (Lipinski definition) is 7. The molecular formula is C23H32F3N3O6S. The van der Waals surface area contributed by atoms with Crippen LogP contribution in [0.2, 0.25) is 0 Å². The number of nitrogens with zero attached hydrogens (tertiary/aromatic N) is 2. The topological polar surface area (TPSA) is 107 Å². The summed E-state index contributed by atoms with van der Waals surface area (Å²) in [6, 6.07) is 0.849. The molecule has 1 saturated heterocycles. The normalized spacial score (nSPS) is 30.3. The van der Waals surface area contributed by atoms with Gasteiger partial charge >= 0.3 is 12.3 Å². The van der Waals surface area contributed by atoms with E-state index in [1.54, 1.807) is 0 Å². The van der Waals surface area contributed by atoms with Crippen LogP contribution in [-0.2, 0) is 25.7 Å². The van der Waals surface area contributed by atoms with Gasteiger partial charge in [-0.3, -0.25) is 4.90 Å². The number of carbonyl (C=O) groups excluding carboxylic acids is 1. The lowest BCUT2D eigenvalue weighted by atomic mass is 9.83. The zero-order valence-electron chi connectivity index (χ0n) is 20.3. The zero-order valence-corrected chi connectivity index (χ0v) is 21.1. The highest BCUT2D eigenvalue weighted by Crippen LogP contribution is 2.41. The lowest BCUT2D eigenvalue weighted by molar-refractivity contribution is -0.138. The summed E-state index contributed by atoms with van der Waals surface area (Å²) >= 11 is 0. The lowest BCUT2D eigenvalue weighted by Crippen LogP contribution is -2.50. The van der Waals surface area contributed by atoms with Gasteiger partial charge in [0.25, 0.3) is 0 Å². The Morgan fingerprint density at radius 2 is 1.81 bits per heavy atom. The fourth-order valence-corrected chi connectivity index (χ4v) is 6.17. The van der Waals surface area contributed by atoms with Crippen LogP contribution in [0.1, 0.15) is 62.6 Å². The van der Waals surface area contributed by atoms with Crippen LogP contribution in [0.25, 0.3) is 0 Å². The van der Waals surface area contributed by atoms with E-state index in [1.807, 2.05) is 6.92 Å². The molecule has 0 aromatic carbocycles. The van der Waals surface area contributed by atoms with Gasteiger partial charge in [-0.2, -0.15) is 13.2 Å². The number of rotatable bonds is 2. The van der Waals surface area contributed by atoms with Gasteiger partial charge in [-0.1, -0.05) is 0 Å². The first-order valence-electron chi connectivity index (χ1n) is 12.2. The molecule has 36 heavy (non-hydrogen) atoms. The van der Waals surface area contributed by atoms with Gasteiger partial charge in [0.15, 0.2) is 0 Å². The van der Waals surface area contributed by atoms with Crippen molar-refractivity contribution >= 4 is 16.1 Å². The van der Waals surface area contributed by atoms with E-state index in [0.717, 1.165) is 12.3 Å². The van der Waals surface area contributed by atoms with Crippen LogP contribution in [0.4, 0.5) is 18.0 Å². The van der Waals surface area contributed by atoms with Gasteiger partial charge < -0.3 is 14.2 Å². The molecule has 1 unspecified atom stereocenters. The summed E-state index contributed by atoms with van der Waals surface area (Å²) in [4.78, 5) is 18.6. The maximum Gasteiger partial charge on any atom is 0.418 e. The molecule has 3 atom stereocenters. The minimum absolute atomic E-state index is 0.0117. The second kappa shape index (κ2) is 10.7. The van der Waals surface area contributed by atoms with Crippen molar-refractivity contribution in [2.24, 2.45) is 0 Å². The number of carbonyl (C=O) groups is 1. The Morgan fingerprint density at radius 3 is 2.47 bits per heavy atom. The first kappa shape index (κ1) is 26.9. The van der Waals surface area contributed by atoms with Gasteiger partial charge in [-0.15, -0.1) is 0 Å². The molecule has 1 aliphatic carbocycles. The molecule has 13 heteroatoms. The van der Waals surface area contributed by atoms with E-state index in [0.29, 0.717) is 38.5 Å². The van der Waals surface area contributed by atoms with Crippen molar-refractivity contribution in [3.63, 3.8) is 0 Å². The predicted octanol–water partition coefficient (Wildman–Crippen LogP) is 3.44. The fourth-order valence-electron chi connectivity index (χ4n) is 5.37. The highest BCUT2D eigenvalue weighted by atomic mass is 32.2. The van der Waals surface area contributed by atoms with E-state index < -0.39 is 39.9 Å². The van der Waals surface area contributed by atoms with E-state index in [1.165, 1.54) is 11.0 Å². The van der Waals surface area contributed by atoms with E-state index in [-0.39, 0.29) is 49.5 Å². The third-order valence-electron chi connectivity index (χ3n) is 7.00. The number of fused-ring (bicyclic) bond motifs is 8. The number of ether oxygens (including phenoxy) is 3. The molecule has 2 fully saturated rings. The SMILES string of the molecule is C[C@@H]1C[C@H](NS(C)(=O)=O)C2COC3CCC(CC3)c3nc(ccc3C(F)(F)F)OCCCOC(=O)N21. The summed E-state index contributed by atoms with van der Waals surface area (Å²) in [5.74, 6) is -0.275. The number of amides is 1.